The van der Waals surface area contributed by atoms with Gasteiger partial charge in [-0.1, -0.05) is 26.0 Å². The molecule has 72 valence electrons. The average Bonchev–Trinajstić information content (AvgIpc) is 2.08. The Morgan fingerprint density at radius 2 is 2.08 bits per heavy atom. The highest BCUT2D eigenvalue weighted by Gasteiger charge is 2.08. The Labute approximate surface area is 78.5 Å². The third-order valence-corrected chi connectivity index (χ3v) is 1.89. The van der Waals surface area contributed by atoms with E-state index in [9.17, 15) is 4.39 Å². The fourth-order valence-corrected chi connectivity index (χ4v) is 1.31. The molecule has 1 aromatic carbocycles. The number of halogens is 1. The number of methoxy groups -OCH3 is 1. The van der Waals surface area contributed by atoms with Crippen LogP contribution in [0.5, 0.6) is 5.75 Å². The molecule has 0 aliphatic rings. The van der Waals surface area contributed by atoms with E-state index in [0.717, 1.165) is 12.0 Å². The van der Waals surface area contributed by atoms with Crippen molar-refractivity contribution < 1.29 is 9.13 Å². The van der Waals surface area contributed by atoms with Gasteiger partial charge in [0.15, 0.2) is 11.6 Å². The van der Waals surface area contributed by atoms with E-state index >= 15 is 0 Å². The second-order valence-electron chi connectivity index (χ2n) is 3.53. The average molecular weight is 182 g/mol. The lowest BCUT2D eigenvalue weighted by Gasteiger charge is -2.08. The van der Waals surface area contributed by atoms with Gasteiger partial charge in [-0.3, -0.25) is 0 Å². The van der Waals surface area contributed by atoms with Crippen molar-refractivity contribution in [3.63, 3.8) is 0 Å². The van der Waals surface area contributed by atoms with Crippen LogP contribution in [-0.2, 0) is 6.42 Å². The fraction of sp³-hybridized carbons (Fsp3) is 0.455. The first-order chi connectivity index (χ1) is 6.15. The number of benzene rings is 1. The van der Waals surface area contributed by atoms with Gasteiger partial charge < -0.3 is 4.74 Å². The van der Waals surface area contributed by atoms with Crippen molar-refractivity contribution in [3.8, 4) is 5.75 Å². The molecule has 0 N–H and O–H groups in total. The number of hydrogen-bond acceptors (Lipinski definition) is 1. The van der Waals surface area contributed by atoms with E-state index in [2.05, 4.69) is 13.8 Å². The Hall–Kier alpha value is -1.05. The summed E-state index contributed by atoms with van der Waals surface area (Å²) in [4.78, 5) is 0. The van der Waals surface area contributed by atoms with Gasteiger partial charge >= 0.3 is 0 Å². The number of hydrogen-bond donors (Lipinski definition) is 0. The minimum Gasteiger partial charge on any atom is -0.494 e. The van der Waals surface area contributed by atoms with Crippen LogP contribution >= 0.6 is 0 Å². The van der Waals surface area contributed by atoms with Gasteiger partial charge in [0.1, 0.15) is 0 Å². The molecule has 0 radical (unpaired) electrons. The third kappa shape index (κ3) is 2.44. The normalized spacial score (nSPS) is 10.5. The van der Waals surface area contributed by atoms with Crippen molar-refractivity contribution >= 4 is 0 Å². The molecule has 0 atom stereocenters. The van der Waals surface area contributed by atoms with E-state index in [-0.39, 0.29) is 5.82 Å². The van der Waals surface area contributed by atoms with Crippen LogP contribution in [0.25, 0.3) is 0 Å². The zero-order chi connectivity index (χ0) is 9.84. The van der Waals surface area contributed by atoms with Crippen LogP contribution in [-0.4, -0.2) is 7.11 Å². The highest BCUT2D eigenvalue weighted by atomic mass is 19.1. The zero-order valence-electron chi connectivity index (χ0n) is 8.30. The molecule has 13 heavy (non-hydrogen) atoms. The molecule has 0 aliphatic heterocycles. The number of ether oxygens (including phenoxy) is 1. The van der Waals surface area contributed by atoms with E-state index in [1.165, 1.54) is 7.11 Å². The molecule has 0 bridgehead atoms. The van der Waals surface area contributed by atoms with E-state index in [4.69, 9.17) is 4.74 Å². The quantitative estimate of drug-likeness (QED) is 0.698. The van der Waals surface area contributed by atoms with Gasteiger partial charge in [-0.2, -0.15) is 0 Å². The van der Waals surface area contributed by atoms with Gasteiger partial charge in [0, 0.05) is 0 Å². The smallest absolute Gasteiger partial charge is 0.168 e. The summed E-state index contributed by atoms with van der Waals surface area (Å²) >= 11 is 0. The van der Waals surface area contributed by atoms with E-state index < -0.39 is 0 Å². The van der Waals surface area contributed by atoms with Crippen molar-refractivity contribution in [2.75, 3.05) is 7.11 Å². The lowest BCUT2D eigenvalue weighted by atomic mass is 10.0. The molecular weight excluding hydrogens is 167 g/mol. The van der Waals surface area contributed by atoms with Crippen molar-refractivity contribution in [3.05, 3.63) is 29.6 Å². The first-order valence-electron chi connectivity index (χ1n) is 4.46. The summed E-state index contributed by atoms with van der Waals surface area (Å²) in [6.07, 6.45) is 0.753. The van der Waals surface area contributed by atoms with Crippen LogP contribution in [0.2, 0.25) is 0 Å². The predicted molar refractivity (Wildman–Crippen MR) is 51.5 cm³/mol. The standard InChI is InChI=1S/C11H15FO/c1-8(2)7-9-5-4-6-10(13-3)11(9)12/h4-6,8H,7H2,1-3H3. The minimum atomic E-state index is -0.223. The predicted octanol–water partition coefficient (Wildman–Crippen LogP) is 3.03. The summed E-state index contributed by atoms with van der Waals surface area (Å²) in [5.74, 6) is 0.568. The summed E-state index contributed by atoms with van der Waals surface area (Å²) in [6.45, 7) is 4.14. The molecule has 0 unspecified atom stereocenters. The topological polar surface area (TPSA) is 9.23 Å². The highest BCUT2D eigenvalue weighted by Crippen LogP contribution is 2.21. The number of rotatable bonds is 3. The van der Waals surface area contributed by atoms with Crippen molar-refractivity contribution in [1.82, 2.24) is 0 Å². The molecule has 1 rings (SSSR count). The first kappa shape index (κ1) is 10.0. The molecule has 1 aromatic rings. The first-order valence-corrected chi connectivity index (χ1v) is 4.46. The van der Waals surface area contributed by atoms with Crippen LogP contribution in [0.4, 0.5) is 4.39 Å². The summed E-state index contributed by atoms with van der Waals surface area (Å²) in [5.41, 5.74) is 0.731. The molecule has 0 fully saturated rings. The van der Waals surface area contributed by atoms with Crippen LogP contribution in [0.15, 0.2) is 18.2 Å². The Kier molecular flexibility index (Phi) is 3.29. The Balaban J connectivity index is 2.94. The molecule has 2 heteroatoms. The van der Waals surface area contributed by atoms with Crippen LogP contribution in [0.1, 0.15) is 19.4 Å². The van der Waals surface area contributed by atoms with Crippen molar-refractivity contribution in [2.24, 2.45) is 5.92 Å². The molecule has 1 nitrogen and oxygen atoms in total. The van der Waals surface area contributed by atoms with Gasteiger partial charge in [-0.05, 0) is 24.0 Å². The molecule has 0 saturated carbocycles. The molecule has 0 amide bonds. The summed E-state index contributed by atoms with van der Waals surface area (Å²) in [6, 6.07) is 5.26. The van der Waals surface area contributed by atoms with Gasteiger partial charge in [-0.25, -0.2) is 4.39 Å². The van der Waals surface area contributed by atoms with Gasteiger partial charge in [0.2, 0.25) is 0 Å². The molecule has 0 saturated heterocycles. The van der Waals surface area contributed by atoms with Crippen molar-refractivity contribution in [2.45, 2.75) is 20.3 Å². The van der Waals surface area contributed by atoms with Crippen LogP contribution < -0.4 is 4.74 Å². The summed E-state index contributed by atoms with van der Waals surface area (Å²) in [7, 11) is 1.48. The molecule has 0 spiro atoms. The van der Waals surface area contributed by atoms with E-state index in [1.807, 2.05) is 6.07 Å². The van der Waals surface area contributed by atoms with Gasteiger partial charge in [-0.15, -0.1) is 0 Å². The Bertz CT molecular complexity index is 281. The maximum atomic E-state index is 13.5. The van der Waals surface area contributed by atoms with Crippen molar-refractivity contribution in [1.29, 1.82) is 0 Å². The van der Waals surface area contributed by atoms with Crippen LogP contribution in [0, 0.1) is 11.7 Å². The fourth-order valence-electron chi connectivity index (χ4n) is 1.31. The van der Waals surface area contributed by atoms with E-state index in [1.54, 1.807) is 12.1 Å². The maximum Gasteiger partial charge on any atom is 0.168 e. The SMILES string of the molecule is COc1cccc(CC(C)C)c1F. The molecular formula is C11H15FO. The second kappa shape index (κ2) is 4.26. The highest BCUT2D eigenvalue weighted by molar-refractivity contribution is 5.31. The van der Waals surface area contributed by atoms with Crippen LogP contribution in [0.3, 0.4) is 0 Å². The molecule has 0 aromatic heterocycles. The Morgan fingerprint density at radius 1 is 1.38 bits per heavy atom. The monoisotopic (exact) mass is 182 g/mol. The summed E-state index contributed by atoms with van der Waals surface area (Å²) < 4.78 is 18.4. The van der Waals surface area contributed by atoms with E-state index in [0.29, 0.717) is 11.7 Å². The minimum absolute atomic E-state index is 0.223. The zero-order valence-corrected chi connectivity index (χ0v) is 8.30. The Morgan fingerprint density at radius 3 is 2.62 bits per heavy atom. The third-order valence-electron chi connectivity index (χ3n) is 1.89. The second-order valence-corrected chi connectivity index (χ2v) is 3.53. The largest absolute Gasteiger partial charge is 0.494 e. The van der Waals surface area contributed by atoms with Gasteiger partial charge in [0.05, 0.1) is 7.11 Å². The van der Waals surface area contributed by atoms with Gasteiger partial charge in [0.25, 0.3) is 0 Å². The summed E-state index contributed by atoms with van der Waals surface area (Å²) in [5, 5.41) is 0. The maximum absolute atomic E-state index is 13.5. The lowest BCUT2D eigenvalue weighted by molar-refractivity contribution is 0.383. The molecule has 0 heterocycles. The molecule has 0 aliphatic carbocycles. The lowest BCUT2D eigenvalue weighted by Crippen LogP contribution is -1.99.